The van der Waals surface area contributed by atoms with Crippen molar-refractivity contribution in [3.05, 3.63) is 76.8 Å². The van der Waals surface area contributed by atoms with Crippen molar-refractivity contribution in [3.63, 3.8) is 0 Å². The van der Waals surface area contributed by atoms with Crippen molar-refractivity contribution in [2.75, 3.05) is 5.43 Å². The van der Waals surface area contributed by atoms with Gasteiger partial charge in [-0.3, -0.25) is 0 Å². The molecule has 3 rings (SSSR count). The van der Waals surface area contributed by atoms with E-state index in [1.54, 1.807) is 11.5 Å². The van der Waals surface area contributed by atoms with Gasteiger partial charge in [0, 0.05) is 5.56 Å². The Kier molecular flexibility index (Phi) is 4.22. The van der Waals surface area contributed by atoms with Crippen LogP contribution < -0.4 is 9.49 Å². The molecule has 4 heteroatoms. The Morgan fingerprint density at radius 3 is 2.36 bits per heavy atom. The Hall–Kier alpha value is -2.17. The monoisotopic (exact) mass is 311 g/mol. The standard InChI is InChI=1S/C18H19N2OS/c1-13-8-10-16(11-9-13)18(21)19-20-12-17(14(2)22-20)15-6-4-3-5-7-15/h3-12,18-19,21H,1-2H3/q+1. The van der Waals surface area contributed by atoms with Crippen molar-refractivity contribution in [2.24, 2.45) is 0 Å². The van der Waals surface area contributed by atoms with Crippen molar-refractivity contribution in [1.82, 2.24) is 0 Å². The molecule has 0 aliphatic rings. The van der Waals surface area contributed by atoms with E-state index in [0.29, 0.717) is 0 Å². The first kappa shape index (κ1) is 14.8. The minimum absolute atomic E-state index is 0.729. The molecule has 0 aliphatic heterocycles. The summed E-state index contributed by atoms with van der Waals surface area (Å²) in [6, 6.07) is 18.1. The molecule has 0 spiro atoms. The van der Waals surface area contributed by atoms with E-state index in [9.17, 15) is 5.11 Å². The van der Waals surface area contributed by atoms with Crippen molar-refractivity contribution < 1.29 is 9.17 Å². The van der Waals surface area contributed by atoms with Gasteiger partial charge in [0.1, 0.15) is 0 Å². The van der Waals surface area contributed by atoms with Crippen LogP contribution in [0, 0.1) is 13.8 Å². The minimum Gasteiger partial charge on any atom is -0.365 e. The fourth-order valence-corrected chi connectivity index (χ4v) is 3.21. The lowest BCUT2D eigenvalue weighted by molar-refractivity contribution is -0.588. The maximum atomic E-state index is 10.3. The first-order valence-corrected chi connectivity index (χ1v) is 8.00. The second kappa shape index (κ2) is 6.30. The first-order chi connectivity index (χ1) is 10.6. The van der Waals surface area contributed by atoms with Crippen molar-refractivity contribution >= 4 is 11.5 Å². The molecule has 22 heavy (non-hydrogen) atoms. The molecular weight excluding hydrogens is 292 g/mol. The zero-order chi connectivity index (χ0) is 15.5. The second-order valence-electron chi connectivity index (χ2n) is 5.32. The fourth-order valence-electron chi connectivity index (χ4n) is 2.33. The van der Waals surface area contributed by atoms with Gasteiger partial charge in [-0.25, -0.2) is 0 Å². The number of nitrogens with zero attached hydrogens (tertiary/aromatic N) is 1. The van der Waals surface area contributed by atoms with Crippen LogP contribution >= 0.6 is 11.5 Å². The number of aromatic nitrogens is 1. The normalized spacial score (nSPS) is 12.1. The van der Waals surface area contributed by atoms with Crippen molar-refractivity contribution in [3.8, 4) is 11.1 Å². The highest BCUT2D eigenvalue weighted by Crippen LogP contribution is 2.24. The average Bonchev–Trinajstić information content (AvgIpc) is 2.89. The van der Waals surface area contributed by atoms with Gasteiger partial charge in [-0.1, -0.05) is 60.2 Å². The maximum absolute atomic E-state index is 10.3. The molecule has 1 atom stereocenters. The predicted octanol–water partition coefficient (Wildman–Crippen LogP) is 3.55. The van der Waals surface area contributed by atoms with E-state index in [4.69, 9.17) is 0 Å². The van der Waals surface area contributed by atoms with Gasteiger partial charge >= 0.3 is 0 Å². The lowest BCUT2D eigenvalue weighted by atomic mass is 10.1. The number of hydrogen-bond donors (Lipinski definition) is 2. The third kappa shape index (κ3) is 3.18. The summed E-state index contributed by atoms with van der Waals surface area (Å²) in [4.78, 5) is 1.20. The molecular formula is C18H19N2OS+. The third-order valence-electron chi connectivity index (χ3n) is 3.59. The highest BCUT2D eigenvalue weighted by molar-refractivity contribution is 7.02. The van der Waals surface area contributed by atoms with Gasteiger partial charge in [0.05, 0.1) is 10.4 Å². The zero-order valence-electron chi connectivity index (χ0n) is 12.7. The smallest absolute Gasteiger partial charge is 0.224 e. The zero-order valence-corrected chi connectivity index (χ0v) is 13.5. The number of benzene rings is 2. The number of aryl methyl sites for hydroxylation is 2. The summed E-state index contributed by atoms with van der Waals surface area (Å²) in [6.07, 6.45) is 1.29. The lowest BCUT2D eigenvalue weighted by Crippen LogP contribution is -2.42. The molecule has 0 bridgehead atoms. The number of rotatable bonds is 4. The highest BCUT2D eigenvalue weighted by atomic mass is 32.1. The van der Waals surface area contributed by atoms with Crippen LogP contribution in [0.5, 0.6) is 0 Å². The number of hydrogen-bond acceptors (Lipinski definition) is 3. The summed E-state index contributed by atoms with van der Waals surface area (Å²) >= 11 is 1.58. The van der Waals surface area contributed by atoms with Crippen LogP contribution in [-0.2, 0) is 0 Å². The number of nitrogens with one attached hydrogen (secondary N) is 1. The van der Waals surface area contributed by atoms with E-state index in [1.165, 1.54) is 21.6 Å². The first-order valence-electron chi connectivity index (χ1n) is 7.22. The van der Waals surface area contributed by atoms with Crippen LogP contribution in [0.1, 0.15) is 22.2 Å². The molecule has 1 aromatic heterocycles. The van der Waals surface area contributed by atoms with Crippen LogP contribution in [0.4, 0.5) is 0 Å². The quantitative estimate of drug-likeness (QED) is 0.571. The SMILES string of the molecule is Cc1ccc(C(O)N[n+]2cc(-c3ccccc3)c(C)s2)cc1. The van der Waals surface area contributed by atoms with Crippen LogP contribution in [0.15, 0.2) is 60.8 Å². The highest BCUT2D eigenvalue weighted by Gasteiger charge is 2.18. The van der Waals surface area contributed by atoms with Crippen molar-refractivity contribution in [1.29, 1.82) is 0 Å². The number of aliphatic hydroxyl groups is 1. The summed E-state index contributed by atoms with van der Waals surface area (Å²) in [6.45, 7) is 4.12. The minimum atomic E-state index is -0.729. The predicted molar refractivity (Wildman–Crippen MR) is 90.2 cm³/mol. The van der Waals surface area contributed by atoms with Gasteiger partial charge in [0.15, 0.2) is 11.5 Å². The summed E-state index contributed by atoms with van der Waals surface area (Å²) in [7, 11) is 0. The summed E-state index contributed by atoms with van der Waals surface area (Å²) in [5.74, 6) is 0. The van der Waals surface area contributed by atoms with E-state index in [-0.39, 0.29) is 0 Å². The molecule has 0 amide bonds. The van der Waals surface area contributed by atoms with E-state index >= 15 is 0 Å². The molecule has 0 saturated heterocycles. The summed E-state index contributed by atoms with van der Waals surface area (Å²) < 4.78 is 1.86. The van der Waals surface area contributed by atoms with Gasteiger partial charge in [-0.2, -0.15) is 0 Å². The Morgan fingerprint density at radius 2 is 1.68 bits per heavy atom. The van der Waals surface area contributed by atoms with E-state index in [0.717, 1.165) is 5.56 Å². The largest absolute Gasteiger partial charge is 0.365 e. The molecule has 0 radical (unpaired) electrons. The van der Waals surface area contributed by atoms with E-state index < -0.39 is 6.23 Å². The Balaban J connectivity index is 1.80. The Morgan fingerprint density at radius 1 is 1.00 bits per heavy atom. The van der Waals surface area contributed by atoms with Gasteiger partial charge in [0.25, 0.3) is 0 Å². The van der Waals surface area contributed by atoms with Crippen LogP contribution in [-0.4, -0.2) is 5.11 Å². The third-order valence-corrected chi connectivity index (χ3v) is 4.49. The van der Waals surface area contributed by atoms with Crippen LogP contribution in [0.3, 0.4) is 0 Å². The van der Waals surface area contributed by atoms with Crippen LogP contribution in [0.2, 0.25) is 0 Å². The molecule has 0 saturated carbocycles. The summed E-state index contributed by atoms with van der Waals surface area (Å²) in [5.41, 5.74) is 7.49. The van der Waals surface area contributed by atoms with E-state index in [2.05, 4.69) is 24.5 Å². The van der Waals surface area contributed by atoms with Crippen molar-refractivity contribution in [2.45, 2.75) is 20.1 Å². The molecule has 0 aliphatic carbocycles. The molecule has 0 fully saturated rings. The molecule has 3 aromatic rings. The maximum Gasteiger partial charge on any atom is 0.224 e. The van der Waals surface area contributed by atoms with Gasteiger partial charge in [0.2, 0.25) is 12.4 Å². The lowest BCUT2D eigenvalue weighted by Gasteiger charge is -2.07. The van der Waals surface area contributed by atoms with Crippen LogP contribution in [0.25, 0.3) is 11.1 Å². The van der Waals surface area contributed by atoms with Gasteiger partial charge < -0.3 is 5.11 Å². The second-order valence-corrected chi connectivity index (χ2v) is 6.51. The molecule has 1 heterocycles. The number of aliphatic hydroxyl groups excluding tert-OH is 1. The summed E-state index contributed by atoms with van der Waals surface area (Å²) in [5, 5.41) is 10.3. The Labute approximate surface area is 134 Å². The topological polar surface area (TPSA) is 36.1 Å². The molecule has 2 N–H and O–H groups in total. The molecule has 2 aromatic carbocycles. The average molecular weight is 311 g/mol. The fraction of sp³-hybridized carbons (Fsp3) is 0.167. The molecule has 3 nitrogen and oxygen atoms in total. The van der Waals surface area contributed by atoms with Gasteiger partial charge in [-0.05, 0) is 23.5 Å². The molecule has 112 valence electrons. The van der Waals surface area contributed by atoms with E-state index in [1.807, 2.05) is 59.7 Å². The van der Waals surface area contributed by atoms with Gasteiger partial charge in [-0.15, -0.1) is 5.43 Å². The molecule has 1 unspecified atom stereocenters. The Bertz CT molecular complexity index is 751.